The van der Waals surface area contributed by atoms with Gasteiger partial charge in [-0.15, -0.1) is 0 Å². The predicted molar refractivity (Wildman–Crippen MR) is 113 cm³/mol. The lowest BCUT2D eigenvalue weighted by Crippen LogP contribution is -1.85. The van der Waals surface area contributed by atoms with E-state index in [1.54, 1.807) is 0 Å². The second-order valence-corrected chi connectivity index (χ2v) is 6.92. The van der Waals surface area contributed by atoms with Gasteiger partial charge < -0.3 is 0 Å². The Morgan fingerprint density at radius 1 is 0.615 bits per heavy atom. The zero-order valence-corrected chi connectivity index (χ0v) is 16.1. The minimum atomic E-state index is 0.723. The molecule has 2 nitrogen and oxygen atoms in total. The van der Waals surface area contributed by atoms with Gasteiger partial charge in [0.15, 0.2) is 0 Å². The normalized spacial score (nSPS) is 11.5. The predicted octanol–water partition coefficient (Wildman–Crippen LogP) is 7.11. The Morgan fingerprint density at radius 2 is 1.00 bits per heavy atom. The highest BCUT2D eigenvalue weighted by Gasteiger charge is 1.98. The third-order valence-electron chi connectivity index (χ3n) is 3.96. The fourth-order valence-corrected chi connectivity index (χ4v) is 2.94. The summed E-state index contributed by atoms with van der Waals surface area (Å²) in [5, 5.41) is 1.45. The van der Waals surface area contributed by atoms with Gasteiger partial charge in [-0.3, -0.25) is 9.98 Å². The molecule has 0 atom stereocenters. The summed E-state index contributed by atoms with van der Waals surface area (Å²) in [5.41, 5.74) is 5.99. The molecular formula is C22H18Cl2N2. The van der Waals surface area contributed by atoms with Crippen LogP contribution in [0.5, 0.6) is 0 Å². The van der Waals surface area contributed by atoms with E-state index in [-0.39, 0.29) is 0 Å². The number of aliphatic imine (C=N–C) groups is 2. The summed E-state index contributed by atoms with van der Waals surface area (Å²) < 4.78 is 0. The molecule has 26 heavy (non-hydrogen) atoms. The van der Waals surface area contributed by atoms with Crippen LogP contribution in [0.1, 0.15) is 22.3 Å². The fourth-order valence-electron chi connectivity index (χ4n) is 2.48. The monoisotopic (exact) mass is 380 g/mol. The van der Waals surface area contributed by atoms with Crippen LogP contribution in [0.3, 0.4) is 0 Å². The van der Waals surface area contributed by atoms with Crippen molar-refractivity contribution in [3.05, 3.63) is 93.0 Å². The summed E-state index contributed by atoms with van der Waals surface area (Å²) in [7, 11) is 0. The zero-order chi connectivity index (χ0) is 18.5. The Kier molecular flexibility index (Phi) is 5.87. The molecule has 3 rings (SSSR count). The highest BCUT2D eigenvalue weighted by atomic mass is 35.5. The van der Waals surface area contributed by atoms with Crippen molar-refractivity contribution in [3.8, 4) is 0 Å². The Balaban J connectivity index is 1.72. The molecule has 130 valence electrons. The summed E-state index contributed by atoms with van der Waals surface area (Å²) in [6.07, 6.45) is 3.70. The van der Waals surface area contributed by atoms with Crippen LogP contribution in [0, 0.1) is 13.8 Å². The molecule has 0 saturated carbocycles. The van der Waals surface area contributed by atoms with E-state index in [0.717, 1.165) is 43.7 Å². The molecule has 0 aliphatic carbocycles. The van der Waals surface area contributed by atoms with Crippen molar-refractivity contribution in [2.45, 2.75) is 13.8 Å². The maximum absolute atomic E-state index is 5.97. The zero-order valence-electron chi connectivity index (χ0n) is 14.6. The second kappa shape index (κ2) is 8.31. The van der Waals surface area contributed by atoms with Gasteiger partial charge in [0.2, 0.25) is 0 Å². The number of nitrogens with zero attached hydrogens (tertiary/aromatic N) is 2. The molecule has 0 bridgehead atoms. The van der Waals surface area contributed by atoms with Crippen molar-refractivity contribution < 1.29 is 0 Å². The van der Waals surface area contributed by atoms with Crippen LogP contribution in [-0.2, 0) is 0 Å². The molecule has 0 heterocycles. The molecule has 0 amide bonds. The summed E-state index contributed by atoms with van der Waals surface area (Å²) in [6.45, 7) is 3.99. The summed E-state index contributed by atoms with van der Waals surface area (Å²) in [5.74, 6) is 0. The van der Waals surface area contributed by atoms with Crippen molar-refractivity contribution in [1.29, 1.82) is 0 Å². The van der Waals surface area contributed by atoms with Crippen molar-refractivity contribution in [3.63, 3.8) is 0 Å². The SMILES string of the molecule is Cc1cc(Cl)ccc1N=Cc1ccc(C=Nc2ccc(Cl)cc2C)cc1. The van der Waals surface area contributed by atoms with Gasteiger partial charge in [-0.25, -0.2) is 0 Å². The topological polar surface area (TPSA) is 24.7 Å². The van der Waals surface area contributed by atoms with E-state index in [2.05, 4.69) is 9.98 Å². The minimum Gasteiger partial charge on any atom is -0.256 e. The number of halogens is 2. The van der Waals surface area contributed by atoms with Crippen LogP contribution >= 0.6 is 23.2 Å². The van der Waals surface area contributed by atoms with Crippen LogP contribution in [0.4, 0.5) is 11.4 Å². The van der Waals surface area contributed by atoms with E-state index >= 15 is 0 Å². The number of hydrogen-bond donors (Lipinski definition) is 0. The average molecular weight is 381 g/mol. The number of rotatable bonds is 4. The van der Waals surface area contributed by atoms with Gasteiger partial charge in [0.1, 0.15) is 0 Å². The molecule has 0 aromatic heterocycles. The van der Waals surface area contributed by atoms with Crippen LogP contribution in [0.15, 0.2) is 70.6 Å². The Morgan fingerprint density at radius 3 is 1.35 bits per heavy atom. The van der Waals surface area contributed by atoms with Crippen LogP contribution in [-0.4, -0.2) is 12.4 Å². The van der Waals surface area contributed by atoms with E-state index in [4.69, 9.17) is 23.2 Å². The van der Waals surface area contributed by atoms with Crippen molar-refractivity contribution in [2.24, 2.45) is 9.98 Å². The van der Waals surface area contributed by atoms with Gasteiger partial charge in [0.05, 0.1) is 11.4 Å². The number of aryl methyl sites for hydroxylation is 2. The van der Waals surface area contributed by atoms with Gasteiger partial charge in [-0.2, -0.15) is 0 Å². The number of hydrogen-bond acceptors (Lipinski definition) is 2. The fraction of sp³-hybridized carbons (Fsp3) is 0.0909. The van der Waals surface area contributed by atoms with Crippen LogP contribution in [0.25, 0.3) is 0 Å². The molecule has 0 radical (unpaired) electrons. The Hall–Kier alpha value is -2.42. The van der Waals surface area contributed by atoms with Gasteiger partial charge in [0, 0.05) is 22.5 Å². The molecule has 0 fully saturated rings. The smallest absolute Gasteiger partial charge is 0.0660 e. The van der Waals surface area contributed by atoms with Gasteiger partial charge in [-0.1, -0.05) is 47.5 Å². The molecular weight excluding hydrogens is 363 g/mol. The van der Waals surface area contributed by atoms with E-state index in [1.807, 2.05) is 86.9 Å². The standard InChI is InChI=1S/C22H18Cl2N2/c1-15-11-19(23)7-9-21(15)25-13-17-3-5-18(6-4-17)14-26-22-10-8-20(24)12-16(22)2/h3-14H,1-2H3. The highest BCUT2D eigenvalue weighted by molar-refractivity contribution is 6.31. The molecule has 4 heteroatoms. The molecule has 0 N–H and O–H groups in total. The van der Waals surface area contributed by atoms with E-state index < -0.39 is 0 Å². The molecule has 0 saturated heterocycles. The van der Waals surface area contributed by atoms with E-state index in [1.165, 1.54) is 0 Å². The lowest BCUT2D eigenvalue weighted by molar-refractivity contribution is 1.40. The first-order valence-corrected chi connectivity index (χ1v) is 8.97. The van der Waals surface area contributed by atoms with Gasteiger partial charge in [-0.05, 0) is 72.5 Å². The van der Waals surface area contributed by atoms with Crippen LogP contribution in [0.2, 0.25) is 10.0 Å². The molecule has 0 spiro atoms. The third-order valence-corrected chi connectivity index (χ3v) is 4.43. The molecule has 0 aliphatic rings. The Labute approximate surface area is 163 Å². The van der Waals surface area contributed by atoms with Crippen LogP contribution < -0.4 is 0 Å². The Bertz CT molecular complexity index is 893. The summed E-state index contributed by atoms with van der Waals surface area (Å²) in [6, 6.07) is 19.4. The molecule has 3 aromatic rings. The summed E-state index contributed by atoms with van der Waals surface area (Å²) in [4.78, 5) is 9.06. The lowest BCUT2D eigenvalue weighted by Gasteiger charge is -2.01. The first-order valence-electron chi connectivity index (χ1n) is 8.22. The first-order chi connectivity index (χ1) is 12.5. The largest absolute Gasteiger partial charge is 0.256 e. The number of benzene rings is 3. The van der Waals surface area contributed by atoms with Crippen molar-refractivity contribution in [1.82, 2.24) is 0 Å². The molecule has 0 aliphatic heterocycles. The van der Waals surface area contributed by atoms with Crippen molar-refractivity contribution >= 4 is 47.0 Å². The third kappa shape index (κ3) is 4.81. The minimum absolute atomic E-state index is 0.723. The lowest BCUT2D eigenvalue weighted by atomic mass is 10.1. The second-order valence-electron chi connectivity index (χ2n) is 6.04. The average Bonchev–Trinajstić information content (AvgIpc) is 2.61. The van der Waals surface area contributed by atoms with E-state index in [0.29, 0.717) is 0 Å². The molecule has 0 unspecified atom stereocenters. The van der Waals surface area contributed by atoms with Crippen molar-refractivity contribution in [2.75, 3.05) is 0 Å². The maximum atomic E-state index is 5.97. The van der Waals surface area contributed by atoms with Gasteiger partial charge >= 0.3 is 0 Å². The van der Waals surface area contributed by atoms with E-state index in [9.17, 15) is 0 Å². The quantitative estimate of drug-likeness (QED) is 0.430. The highest BCUT2D eigenvalue weighted by Crippen LogP contribution is 2.23. The van der Waals surface area contributed by atoms with Gasteiger partial charge in [0.25, 0.3) is 0 Å². The maximum Gasteiger partial charge on any atom is 0.0660 e. The summed E-state index contributed by atoms with van der Waals surface area (Å²) >= 11 is 11.9. The first kappa shape index (κ1) is 18.4. The molecule has 3 aromatic carbocycles.